The van der Waals surface area contributed by atoms with Gasteiger partial charge < -0.3 is 26.6 Å². The van der Waals surface area contributed by atoms with Crippen molar-refractivity contribution in [3.8, 4) is 5.75 Å². The Morgan fingerprint density at radius 2 is 2.05 bits per heavy atom. The third kappa shape index (κ3) is 3.87. The van der Waals surface area contributed by atoms with Crippen molar-refractivity contribution in [3.63, 3.8) is 0 Å². The number of carbonyl (C=O) groups excluding carboxylic acids is 2. The van der Waals surface area contributed by atoms with Crippen molar-refractivity contribution >= 4 is 23.5 Å². The lowest BCUT2D eigenvalue weighted by Crippen LogP contribution is -2.43. The quantitative estimate of drug-likeness (QED) is 0.509. The molecule has 0 saturated carbocycles. The van der Waals surface area contributed by atoms with Crippen LogP contribution in [0.2, 0.25) is 0 Å². The van der Waals surface area contributed by atoms with Gasteiger partial charge in [0.1, 0.15) is 11.8 Å². The molecule has 0 heterocycles. The van der Waals surface area contributed by atoms with Crippen molar-refractivity contribution in [1.82, 2.24) is 5.32 Å². The number of hydrogen-bond acceptors (Lipinski definition) is 5. The molecule has 0 aliphatic heterocycles. The number of anilines is 1. The number of nitrogen functional groups attached to an aromatic ring is 1. The summed E-state index contributed by atoms with van der Waals surface area (Å²) in [5, 5.41) is 11.1. The molecule has 0 bridgehead atoms. The summed E-state index contributed by atoms with van der Waals surface area (Å²) >= 11 is 0. The van der Waals surface area contributed by atoms with Crippen LogP contribution in [0.5, 0.6) is 5.75 Å². The maximum atomic E-state index is 12.0. The molecule has 20 heavy (non-hydrogen) atoms. The van der Waals surface area contributed by atoms with E-state index < -0.39 is 30.2 Å². The molecule has 1 aromatic rings. The van der Waals surface area contributed by atoms with Crippen molar-refractivity contribution < 1.29 is 24.2 Å². The van der Waals surface area contributed by atoms with Crippen LogP contribution < -0.4 is 21.5 Å². The third-order valence-corrected chi connectivity index (χ3v) is 2.48. The van der Waals surface area contributed by atoms with Gasteiger partial charge in [-0.25, -0.2) is 4.79 Å². The highest BCUT2D eigenvalue weighted by Gasteiger charge is 2.24. The Morgan fingerprint density at radius 1 is 1.40 bits per heavy atom. The molecule has 0 aromatic heterocycles. The molecule has 1 aromatic carbocycles. The van der Waals surface area contributed by atoms with Crippen molar-refractivity contribution in [2.75, 3.05) is 12.8 Å². The van der Waals surface area contributed by atoms with Crippen LogP contribution in [0.1, 0.15) is 16.8 Å². The first-order chi connectivity index (χ1) is 9.35. The molecule has 6 N–H and O–H groups in total. The van der Waals surface area contributed by atoms with Gasteiger partial charge in [-0.05, 0) is 12.1 Å². The highest BCUT2D eigenvalue weighted by atomic mass is 16.5. The number of aliphatic carboxylic acids is 1. The van der Waals surface area contributed by atoms with Crippen molar-refractivity contribution in [3.05, 3.63) is 23.8 Å². The van der Waals surface area contributed by atoms with Gasteiger partial charge in [-0.15, -0.1) is 0 Å². The molecular formula is C12H15N3O5. The number of nitrogens with two attached hydrogens (primary N) is 2. The van der Waals surface area contributed by atoms with Gasteiger partial charge in [0.25, 0.3) is 5.91 Å². The fourth-order valence-corrected chi connectivity index (χ4v) is 1.53. The lowest BCUT2D eigenvalue weighted by atomic mass is 10.1. The highest BCUT2D eigenvalue weighted by molar-refractivity contribution is 6.00. The Morgan fingerprint density at radius 3 is 2.55 bits per heavy atom. The summed E-state index contributed by atoms with van der Waals surface area (Å²) in [5.41, 5.74) is 11.0. The average Bonchev–Trinajstić information content (AvgIpc) is 2.36. The number of nitrogens with one attached hydrogen (secondary N) is 1. The van der Waals surface area contributed by atoms with Crippen LogP contribution in [0.25, 0.3) is 0 Å². The van der Waals surface area contributed by atoms with Crippen LogP contribution >= 0.6 is 0 Å². The number of amides is 2. The first kappa shape index (κ1) is 15.3. The second-order valence-electron chi connectivity index (χ2n) is 3.99. The zero-order chi connectivity index (χ0) is 15.3. The number of rotatable bonds is 6. The van der Waals surface area contributed by atoms with Crippen LogP contribution in [-0.2, 0) is 9.59 Å². The van der Waals surface area contributed by atoms with Gasteiger partial charge in [-0.3, -0.25) is 9.59 Å². The highest BCUT2D eigenvalue weighted by Crippen LogP contribution is 2.21. The van der Waals surface area contributed by atoms with Gasteiger partial charge in [0.05, 0.1) is 19.1 Å². The molecule has 0 unspecified atom stereocenters. The van der Waals surface area contributed by atoms with E-state index in [0.717, 1.165) is 0 Å². The van der Waals surface area contributed by atoms with Crippen LogP contribution in [0.3, 0.4) is 0 Å². The fraction of sp³-hybridized carbons (Fsp3) is 0.250. The Kier molecular flexibility index (Phi) is 4.90. The molecule has 8 nitrogen and oxygen atoms in total. The van der Waals surface area contributed by atoms with E-state index in [1.54, 1.807) is 0 Å². The molecule has 0 aliphatic rings. The van der Waals surface area contributed by atoms with E-state index in [9.17, 15) is 14.4 Å². The second kappa shape index (κ2) is 6.41. The van der Waals surface area contributed by atoms with Crippen LogP contribution in [0, 0.1) is 0 Å². The predicted octanol–water partition coefficient (Wildman–Crippen LogP) is -0.664. The van der Waals surface area contributed by atoms with Crippen LogP contribution in [-0.4, -0.2) is 36.0 Å². The second-order valence-corrected chi connectivity index (χ2v) is 3.99. The molecular weight excluding hydrogens is 266 g/mol. The number of primary amides is 1. The standard InChI is InChI=1S/C12H15N3O5/c1-20-9-4-6(13)2-3-7(9)11(17)15-8(12(18)19)5-10(14)16/h2-4,8H,5,13H2,1H3,(H2,14,16)(H,15,17)(H,18,19)/t8-/m0/s1. The molecule has 0 aliphatic carbocycles. The molecule has 0 spiro atoms. The van der Waals surface area contributed by atoms with Gasteiger partial charge in [0, 0.05) is 11.8 Å². The van der Waals surface area contributed by atoms with Gasteiger partial charge >= 0.3 is 5.97 Å². The number of benzene rings is 1. The van der Waals surface area contributed by atoms with Gasteiger partial charge in [0.2, 0.25) is 5.91 Å². The SMILES string of the molecule is COc1cc(N)ccc1C(=O)N[C@@H](CC(N)=O)C(=O)O. The average molecular weight is 281 g/mol. The topological polar surface area (TPSA) is 145 Å². The molecule has 0 radical (unpaired) electrons. The fourth-order valence-electron chi connectivity index (χ4n) is 1.53. The van der Waals surface area contributed by atoms with Crippen molar-refractivity contribution in [2.45, 2.75) is 12.5 Å². The number of carboxylic acids is 1. The van der Waals surface area contributed by atoms with Gasteiger partial charge in [0.15, 0.2) is 0 Å². The minimum atomic E-state index is -1.40. The zero-order valence-electron chi connectivity index (χ0n) is 10.8. The number of carbonyl (C=O) groups is 3. The number of ether oxygens (including phenoxy) is 1. The summed E-state index contributed by atoms with van der Waals surface area (Å²) in [6.07, 6.45) is -0.502. The van der Waals surface area contributed by atoms with Crippen LogP contribution in [0.15, 0.2) is 18.2 Å². The van der Waals surface area contributed by atoms with Gasteiger partial charge in [-0.2, -0.15) is 0 Å². The molecule has 2 amide bonds. The Balaban J connectivity index is 2.94. The minimum absolute atomic E-state index is 0.109. The number of methoxy groups -OCH3 is 1. The van der Waals surface area contributed by atoms with Crippen molar-refractivity contribution in [1.29, 1.82) is 0 Å². The summed E-state index contributed by atoms with van der Waals surface area (Å²) in [7, 11) is 1.35. The molecule has 1 rings (SSSR count). The Bertz CT molecular complexity index is 544. The zero-order valence-corrected chi connectivity index (χ0v) is 10.8. The van der Waals surface area contributed by atoms with E-state index in [4.69, 9.17) is 21.3 Å². The van der Waals surface area contributed by atoms with E-state index in [-0.39, 0.29) is 11.3 Å². The van der Waals surface area contributed by atoms with E-state index in [1.807, 2.05) is 0 Å². The first-order valence-electron chi connectivity index (χ1n) is 5.60. The van der Waals surface area contributed by atoms with E-state index in [1.165, 1.54) is 25.3 Å². The van der Waals surface area contributed by atoms with E-state index in [2.05, 4.69) is 5.32 Å². The minimum Gasteiger partial charge on any atom is -0.496 e. The number of carboxylic acid groups (broad SMARTS) is 1. The van der Waals surface area contributed by atoms with E-state index >= 15 is 0 Å². The number of hydrogen-bond donors (Lipinski definition) is 4. The maximum Gasteiger partial charge on any atom is 0.326 e. The summed E-state index contributed by atoms with van der Waals surface area (Å²) < 4.78 is 4.99. The van der Waals surface area contributed by atoms with Crippen molar-refractivity contribution in [2.24, 2.45) is 5.73 Å². The first-order valence-corrected chi connectivity index (χ1v) is 5.60. The molecule has 0 saturated heterocycles. The van der Waals surface area contributed by atoms with Gasteiger partial charge in [-0.1, -0.05) is 0 Å². The third-order valence-electron chi connectivity index (χ3n) is 2.48. The molecule has 8 heteroatoms. The summed E-state index contributed by atoms with van der Waals surface area (Å²) in [6.45, 7) is 0. The summed E-state index contributed by atoms with van der Waals surface area (Å²) in [4.78, 5) is 33.7. The summed E-state index contributed by atoms with van der Waals surface area (Å²) in [6, 6.07) is 2.90. The molecule has 0 fully saturated rings. The van der Waals surface area contributed by atoms with Crippen LogP contribution in [0.4, 0.5) is 5.69 Å². The molecule has 1 atom stereocenters. The lowest BCUT2D eigenvalue weighted by molar-refractivity contribution is -0.140. The normalized spacial score (nSPS) is 11.4. The Hall–Kier alpha value is -2.77. The molecule has 108 valence electrons. The lowest BCUT2D eigenvalue weighted by Gasteiger charge is -2.14. The largest absolute Gasteiger partial charge is 0.496 e. The predicted molar refractivity (Wildman–Crippen MR) is 70.1 cm³/mol. The van der Waals surface area contributed by atoms with E-state index in [0.29, 0.717) is 5.69 Å². The smallest absolute Gasteiger partial charge is 0.326 e. The maximum absolute atomic E-state index is 12.0. The monoisotopic (exact) mass is 281 g/mol. The summed E-state index contributed by atoms with van der Waals surface area (Å²) in [5.74, 6) is -2.69. The Labute approximate surface area is 114 Å².